The SMILES string of the molecule is CCc1ccc(N2CC(C(=O)Nc3cccc(C(F)(F)F)c3)CC2=O)cc1. The molecule has 7 heteroatoms. The maximum atomic E-state index is 12.8. The molecule has 1 aliphatic rings. The number of aryl methyl sites for hydroxylation is 1. The lowest BCUT2D eigenvalue weighted by Crippen LogP contribution is -2.28. The number of rotatable bonds is 4. The lowest BCUT2D eigenvalue weighted by Gasteiger charge is -2.17. The first-order chi connectivity index (χ1) is 12.8. The van der Waals surface area contributed by atoms with Crippen molar-refractivity contribution in [1.82, 2.24) is 0 Å². The van der Waals surface area contributed by atoms with Crippen LogP contribution < -0.4 is 10.2 Å². The molecule has 2 aromatic carbocycles. The van der Waals surface area contributed by atoms with E-state index in [4.69, 9.17) is 0 Å². The predicted molar refractivity (Wildman–Crippen MR) is 96.4 cm³/mol. The second-order valence-electron chi connectivity index (χ2n) is 6.49. The largest absolute Gasteiger partial charge is 0.416 e. The maximum absolute atomic E-state index is 12.8. The van der Waals surface area contributed by atoms with E-state index in [0.29, 0.717) is 5.69 Å². The first-order valence-electron chi connectivity index (χ1n) is 8.65. The smallest absolute Gasteiger partial charge is 0.326 e. The third-order valence-electron chi connectivity index (χ3n) is 4.61. The number of halogens is 3. The lowest BCUT2D eigenvalue weighted by atomic mass is 10.1. The molecule has 1 saturated heterocycles. The molecule has 0 bridgehead atoms. The molecule has 1 atom stereocenters. The molecular formula is C20H19F3N2O2. The number of alkyl halides is 3. The summed E-state index contributed by atoms with van der Waals surface area (Å²) in [5.74, 6) is -1.25. The van der Waals surface area contributed by atoms with E-state index in [2.05, 4.69) is 5.32 Å². The highest BCUT2D eigenvalue weighted by molar-refractivity contribution is 6.03. The molecular weight excluding hydrogens is 357 g/mol. The Morgan fingerprint density at radius 3 is 2.52 bits per heavy atom. The van der Waals surface area contributed by atoms with E-state index in [1.807, 2.05) is 31.2 Å². The molecule has 0 radical (unpaired) electrons. The van der Waals surface area contributed by atoms with Crippen molar-refractivity contribution in [3.8, 4) is 0 Å². The lowest BCUT2D eigenvalue weighted by molar-refractivity contribution is -0.137. The molecule has 1 heterocycles. The van der Waals surface area contributed by atoms with Crippen molar-refractivity contribution in [3.63, 3.8) is 0 Å². The Balaban J connectivity index is 1.68. The fourth-order valence-electron chi connectivity index (χ4n) is 3.06. The Kier molecular flexibility index (Phi) is 5.21. The quantitative estimate of drug-likeness (QED) is 0.867. The van der Waals surface area contributed by atoms with E-state index < -0.39 is 23.6 Å². The van der Waals surface area contributed by atoms with E-state index in [-0.39, 0.29) is 24.6 Å². The Morgan fingerprint density at radius 1 is 1.19 bits per heavy atom. The fraction of sp³-hybridized carbons (Fsp3) is 0.300. The third-order valence-corrected chi connectivity index (χ3v) is 4.61. The molecule has 1 N–H and O–H groups in total. The van der Waals surface area contributed by atoms with Crippen LogP contribution in [-0.4, -0.2) is 18.4 Å². The number of benzene rings is 2. The summed E-state index contributed by atoms with van der Waals surface area (Å²) in [5.41, 5.74) is 1.09. The number of carbonyl (C=O) groups is 2. The summed E-state index contributed by atoms with van der Waals surface area (Å²) in [7, 11) is 0. The molecule has 1 unspecified atom stereocenters. The van der Waals surface area contributed by atoms with Gasteiger partial charge < -0.3 is 10.2 Å². The Labute approximate surface area is 155 Å². The summed E-state index contributed by atoms with van der Waals surface area (Å²) in [6.07, 6.45) is -3.57. The van der Waals surface area contributed by atoms with Crippen LogP contribution in [0.5, 0.6) is 0 Å². The van der Waals surface area contributed by atoms with Crippen LogP contribution in [0.25, 0.3) is 0 Å². The van der Waals surface area contributed by atoms with E-state index in [9.17, 15) is 22.8 Å². The van der Waals surface area contributed by atoms with Gasteiger partial charge in [-0.1, -0.05) is 25.1 Å². The van der Waals surface area contributed by atoms with Crippen LogP contribution >= 0.6 is 0 Å². The molecule has 2 amide bonds. The number of hydrogen-bond acceptors (Lipinski definition) is 2. The topological polar surface area (TPSA) is 49.4 Å². The summed E-state index contributed by atoms with van der Waals surface area (Å²) in [6.45, 7) is 2.24. The van der Waals surface area contributed by atoms with Crippen molar-refractivity contribution in [2.24, 2.45) is 5.92 Å². The predicted octanol–water partition coefficient (Wildman–Crippen LogP) is 4.26. The number of anilines is 2. The molecule has 0 aliphatic carbocycles. The van der Waals surface area contributed by atoms with Crippen LogP contribution in [0.3, 0.4) is 0 Å². The van der Waals surface area contributed by atoms with Gasteiger partial charge in [-0.05, 0) is 42.3 Å². The maximum Gasteiger partial charge on any atom is 0.416 e. The number of amides is 2. The Morgan fingerprint density at radius 2 is 1.89 bits per heavy atom. The minimum Gasteiger partial charge on any atom is -0.326 e. The standard InChI is InChI=1S/C20H19F3N2O2/c1-2-13-6-8-17(9-7-13)25-12-14(10-18(25)26)19(27)24-16-5-3-4-15(11-16)20(21,22)23/h3-9,11,14H,2,10,12H2,1H3,(H,24,27). The van der Waals surface area contributed by atoms with E-state index in [1.54, 1.807) is 0 Å². The molecule has 27 heavy (non-hydrogen) atoms. The summed E-state index contributed by atoms with van der Waals surface area (Å²) >= 11 is 0. The summed E-state index contributed by atoms with van der Waals surface area (Å²) in [5, 5.41) is 2.49. The average Bonchev–Trinajstić information content (AvgIpc) is 3.03. The zero-order valence-electron chi connectivity index (χ0n) is 14.7. The number of hydrogen-bond donors (Lipinski definition) is 1. The highest BCUT2D eigenvalue weighted by Crippen LogP contribution is 2.31. The number of nitrogens with one attached hydrogen (secondary N) is 1. The first-order valence-corrected chi connectivity index (χ1v) is 8.65. The molecule has 3 rings (SSSR count). The normalized spacial score (nSPS) is 17.3. The van der Waals surface area contributed by atoms with Crippen molar-refractivity contribution in [1.29, 1.82) is 0 Å². The van der Waals surface area contributed by atoms with Crippen LogP contribution in [0, 0.1) is 5.92 Å². The van der Waals surface area contributed by atoms with Crippen LogP contribution in [0.1, 0.15) is 24.5 Å². The molecule has 142 valence electrons. The van der Waals surface area contributed by atoms with Gasteiger partial charge in [0, 0.05) is 24.3 Å². The molecule has 0 saturated carbocycles. The van der Waals surface area contributed by atoms with E-state index in [0.717, 1.165) is 24.1 Å². The third kappa shape index (κ3) is 4.30. The monoisotopic (exact) mass is 376 g/mol. The van der Waals surface area contributed by atoms with E-state index >= 15 is 0 Å². The average molecular weight is 376 g/mol. The zero-order valence-corrected chi connectivity index (χ0v) is 14.7. The van der Waals surface area contributed by atoms with Gasteiger partial charge in [0.15, 0.2) is 0 Å². The fourth-order valence-corrected chi connectivity index (χ4v) is 3.06. The first kappa shape index (κ1) is 18.9. The zero-order chi connectivity index (χ0) is 19.6. The van der Waals surface area contributed by atoms with Gasteiger partial charge in [0.25, 0.3) is 0 Å². The van der Waals surface area contributed by atoms with Crippen LogP contribution in [0.15, 0.2) is 48.5 Å². The van der Waals surface area contributed by atoms with Gasteiger partial charge >= 0.3 is 6.18 Å². The van der Waals surface area contributed by atoms with Crippen LogP contribution in [-0.2, 0) is 22.2 Å². The molecule has 0 aromatic heterocycles. The van der Waals surface area contributed by atoms with Gasteiger partial charge in [0.1, 0.15) is 0 Å². The van der Waals surface area contributed by atoms with Gasteiger partial charge in [-0.3, -0.25) is 9.59 Å². The molecule has 0 spiro atoms. The van der Waals surface area contributed by atoms with Gasteiger partial charge in [-0.15, -0.1) is 0 Å². The summed E-state index contributed by atoms with van der Waals surface area (Å²) in [4.78, 5) is 26.2. The van der Waals surface area contributed by atoms with Crippen LogP contribution in [0.2, 0.25) is 0 Å². The highest BCUT2D eigenvalue weighted by atomic mass is 19.4. The Bertz CT molecular complexity index is 847. The number of carbonyl (C=O) groups excluding carboxylic acids is 2. The minimum absolute atomic E-state index is 0.0281. The number of nitrogens with zero attached hydrogens (tertiary/aromatic N) is 1. The van der Waals surface area contributed by atoms with Crippen molar-refractivity contribution < 1.29 is 22.8 Å². The van der Waals surface area contributed by atoms with Crippen molar-refractivity contribution >= 4 is 23.2 Å². The molecule has 4 nitrogen and oxygen atoms in total. The second-order valence-corrected chi connectivity index (χ2v) is 6.49. The van der Waals surface area contributed by atoms with Crippen LogP contribution in [0.4, 0.5) is 24.5 Å². The van der Waals surface area contributed by atoms with Gasteiger partial charge in [-0.25, -0.2) is 0 Å². The molecule has 1 fully saturated rings. The molecule has 2 aromatic rings. The second kappa shape index (κ2) is 7.42. The summed E-state index contributed by atoms with van der Waals surface area (Å²) < 4.78 is 38.4. The minimum atomic E-state index is -4.48. The van der Waals surface area contributed by atoms with Gasteiger partial charge in [0.05, 0.1) is 11.5 Å². The summed E-state index contributed by atoms with van der Waals surface area (Å²) in [6, 6.07) is 12.0. The van der Waals surface area contributed by atoms with Crippen molar-refractivity contribution in [3.05, 3.63) is 59.7 Å². The van der Waals surface area contributed by atoms with Gasteiger partial charge in [-0.2, -0.15) is 13.2 Å². The van der Waals surface area contributed by atoms with E-state index in [1.165, 1.54) is 17.0 Å². The Hall–Kier alpha value is -2.83. The highest BCUT2D eigenvalue weighted by Gasteiger charge is 2.35. The van der Waals surface area contributed by atoms with Gasteiger partial charge in [0.2, 0.25) is 11.8 Å². The van der Waals surface area contributed by atoms with Crippen molar-refractivity contribution in [2.45, 2.75) is 25.9 Å². The molecule has 1 aliphatic heterocycles. The van der Waals surface area contributed by atoms with Crippen molar-refractivity contribution in [2.75, 3.05) is 16.8 Å².